The molecule has 1 aromatic carbocycles. The number of nitrogens with zero attached hydrogens (tertiary/aromatic N) is 1. The van der Waals surface area contributed by atoms with Crippen LogP contribution in [0.15, 0.2) is 18.2 Å². The number of halogens is 3. The molecule has 126 valence electrons. The van der Waals surface area contributed by atoms with E-state index in [0.29, 0.717) is 19.4 Å². The van der Waals surface area contributed by atoms with Crippen molar-refractivity contribution < 1.29 is 32.6 Å². The van der Waals surface area contributed by atoms with E-state index < -0.39 is 36.1 Å². The lowest BCUT2D eigenvalue weighted by Gasteiger charge is -2.30. The first-order chi connectivity index (χ1) is 10.9. The highest BCUT2D eigenvalue weighted by molar-refractivity contribution is 5.91. The van der Waals surface area contributed by atoms with E-state index in [2.05, 4.69) is 10.1 Å². The molecule has 0 spiro atoms. The Labute approximate surface area is 129 Å². The monoisotopic (exact) mass is 332 g/mol. The maximum atomic E-state index is 13.1. The van der Waals surface area contributed by atoms with Crippen LogP contribution in [0.1, 0.15) is 12.8 Å². The SMILES string of the molecule is O=C(O)C1CCCN(C(=O)Nc2ccc(F)cc2OC(F)F)C1. The van der Waals surface area contributed by atoms with E-state index in [9.17, 15) is 22.8 Å². The summed E-state index contributed by atoms with van der Waals surface area (Å²) in [5.74, 6) is -2.95. The number of urea groups is 1. The zero-order valence-corrected chi connectivity index (χ0v) is 12.0. The van der Waals surface area contributed by atoms with Crippen LogP contribution in [-0.2, 0) is 4.79 Å². The molecular weight excluding hydrogens is 317 g/mol. The topological polar surface area (TPSA) is 78.9 Å². The number of amides is 2. The molecule has 2 N–H and O–H groups in total. The third kappa shape index (κ3) is 4.51. The third-order valence-electron chi connectivity index (χ3n) is 3.46. The molecule has 0 aromatic heterocycles. The van der Waals surface area contributed by atoms with Crippen molar-refractivity contribution in [2.75, 3.05) is 18.4 Å². The van der Waals surface area contributed by atoms with Crippen LogP contribution in [0, 0.1) is 11.7 Å². The number of likely N-dealkylation sites (tertiary alicyclic amines) is 1. The Morgan fingerprint density at radius 3 is 2.78 bits per heavy atom. The van der Waals surface area contributed by atoms with Crippen LogP contribution >= 0.6 is 0 Å². The van der Waals surface area contributed by atoms with Crippen molar-refractivity contribution in [1.82, 2.24) is 4.90 Å². The molecule has 2 amide bonds. The van der Waals surface area contributed by atoms with Crippen LogP contribution in [-0.4, -0.2) is 41.7 Å². The summed E-state index contributed by atoms with van der Waals surface area (Å²) in [7, 11) is 0. The minimum Gasteiger partial charge on any atom is -0.481 e. The molecule has 0 saturated carbocycles. The van der Waals surface area contributed by atoms with Gasteiger partial charge >= 0.3 is 18.6 Å². The number of carbonyl (C=O) groups excluding carboxylic acids is 1. The highest BCUT2D eigenvalue weighted by Crippen LogP contribution is 2.28. The number of ether oxygens (including phenoxy) is 1. The van der Waals surface area contributed by atoms with Gasteiger partial charge in [0.1, 0.15) is 5.82 Å². The van der Waals surface area contributed by atoms with Gasteiger partial charge in [-0.05, 0) is 25.0 Å². The summed E-state index contributed by atoms with van der Waals surface area (Å²) in [6, 6.07) is 2.17. The fraction of sp³-hybridized carbons (Fsp3) is 0.429. The maximum absolute atomic E-state index is 13.1. The van der Waals surface area contributed by atoms with Crippen molar-refractivity contribution in [2.24, 2.45) is 5.92 Å². The highest BCUT2D eigenvalue weighted by Gasteiger charge is 2.28. The first kappa shape index (κ1) is 16.9. The molecule has 1 aromatic rings. The van der Waals surface area contributed by atoms with Crippen LogP contribution in [0.5, 0.6) is 5.75 Å². The second-order valence-electron chi connectivity index (χ2n) is 5.07. The molecule has 0 aliphatic carbocycles. The average molecular weight is 332 g/mol. The van der Waals surface area contributed by atoms with Gasteiger partial charge in [0, 0.05) is 19.2 Å². The van der Waals surface area contributed by atoms with Crippen molar-refractivity contribution in [3.63, 3.8) is 0 Å². The number of carbonyl (C=O) groups is 2. The summed E-state index contributed by atoms with van der Waals surface area (Å²) in [6.07, 6.45) is 0.990. The minimum absolute atomic E-state index is 0.0212. The van der Waals surface area contributed by atoms with E-state index in [4.69, 9.17) is 5.11 Å². The number of alkyl halides is 2. The Kier molecular flexibility index (Phi) is 5.30. The van der Waals surface area contributed by atoms with Crippen LogP contribution in [0.4, 0.5) is 23.7 Å². The van der Waals surface area contributed by atoms with Gasteiger partial charge in [0.05, 0.1) is 11.6 Å². The van der Waals surface area contributed by atoms with Crippen molar-refractivity contribution in [3.8, 4) is 5.75 Å². The van der Waals surface area contributed by atoms with Crippen LogP contribution in [0.2, 0.25) is 0 Å². The Morgan fingerprint density at radius 2 is 2.13 bits per heavy atom. The lowest BCUT2D eigenvalue weighted by Crippen LogP contribution is -2.44. The lowest BCUT2D eigenvalue weighted by atomic mass is 9.99. The average Bonchev–Trinajstić information content (AvgIpc) is 2.49. The largest absolute Gasteiger partial charge is 0.481 e. The maximum Gasteiger partial charge on any atom is 0.387 e. The smallest absolute Gasteiger partial charge is 0.387 e. The molecule has 1 aliphatic heterocycles. The number of piperidine rings is 1. The number of benzene rings is 1. The summed E-state index contributed by atoms with van der Waals surface area (Å²) in [5, 5.41) is 11.3. The van der Waals surface area contributed by atoms with Crippen LogP contribution in [0.3, 0.4) is 0 Å². The quantitative estimate of drug-likeness (QED) is 0.889. The second-order valence-corrected chi connectivity index (χ2v) is 5.07. The number of carboxylic acids is 1. The van der Waals surface area contributed by atoms with Gasteiger partial charge in [-0.2, -0.15) is 8.78 Å². The van der Waals surface area contributed by atoms with Crippen molar-refractivity contribution in [3.05, 3.63) is 24.0 Å². The number of anilines is 1. The zero-order valence-electron chi connectivity index (χ0n) is 12.0. The number of nitrogens with one attached hydrogen (secondary N) is 1. The molecule has 1 fully saturated rings. The number of aliphatic carboxylic acids is 1. The summed E-state index contributed by atoms with van der Waals surface area (Å²) in [4.78, 5) is 24.4. The summed E-state index contributed by atoms with van der Waals surface area (Å²) < 4.78 is 42.0. The van der Waals surface area contributed by atoms with E-state index in [0.717, 1.165) is 18.2 Å². The molecule has 1 saturated heterocycles. The second kappa shape index (κ2) is 7.21. The van der Waals surface area contributed by atoms with Crippen molar-refractivity contribution in [1.29, 1.82) is 0 Å². The van der Waals surface area contributed by atoms with Gasteiger partial charge < -0.3 is 20.1 Å². The summed E-state index contributed by atoms with van der Waals surface area (Å²) >= 11 is 0. The number of rotatable bonds is 4. The minimum atomic E-state index is -3.17. The van der Waals surface area contributed by atoms with E-state index in [1.165, 1.54) is 4.90 Å². The van der Waals surface area contributed by atoms with Crippen molar-refractivity contribution >= 4 is 17.7 Å². The number of hydrogen-bond donors (Lipinski definition) is 2. The first-order valence-corrected chi connectivity index (χ1v) is 6.90. The van der Waals surface area contributed by atoms with Gasteiger partial charge in [-0.1, -0.05) is 0 Å². The van der Waals surface area contributed by atoms with Gasteiger partial charge in [0.2, 0.25) is 0 Å². The summed E-state index contributed by atoms with van der Waals surface area (Å²) in [5.41, 5.74) is -0.117. The molecule has 0 radical (unpaired) electrons. The standard InChI is InChI=1S/C14H15F3N2O4/c15-9-3-4-10(11(6-9)23-13(16)17)18-14(22)19-5-1-2-8(7-19)12(20)21/h3-4,6,8,13H,1-2,5,7H2,(H,18,22)(H,20,21). The van der Waals surface area contributed by atoms with Gasteiger partial charge in [-0.25, -0.2) is 9.18 Å². The molecule has 1 heterocycles. The molecule has 9 heteroatoms. The molecule has 2 rings (SSSR count). The number of hydrogen-bond acceptors (Lipinski definition) is 3. The Balaban J connectivity index is 2.09. The fourth-order valence-electron chi connectivity index (χ4n) is 2.35. The number of carboxylic acid groups (broad SMARTS) is 1. The molecule has 1 unspecified atom stereocenters. The predicted molar refractivity (Wildman–Crippen MR) is 74.0 cm³/mol. The van der Waals surface area contributed by atoms with Crippen LogP contribution in [0.25, 0.3) is 0 Å². The van der Waals surface area contributed by atoms with E-state index in [1.54, 1.807) is 0 Å². The molecule has 6 nitrogen and oxygen atoms in total. The molecule has 0 bridgehead atoms. The van der Waals surface area contributed by atoms with E-state index >= 15 is 0 Å². The van der Waals surface area contributed by atoms with Crippen LogP contribution < -0.4 is 10.1 Å². The molecular formula is C14H15F3N2O4. The zero-order chi connectivity index (χ0) is 17.0. The van der Waals surface area contributed by atoms with Crippen molar-refractivity contribution in [2.45, 2.75) is 19.5 Å². The lowest BCUT2D eigenvalue weighted by molar-refractivity contribution is -0.143. The predicted octanol–water partition coefficient (Wildman–Crippen LogP) is 2.76. The molecule has 1 aliphatic rings. The third-order valence-corrected chi connectivity index (χ3v) is 3.46. The van der Waals surface area contributed by atoms with E-state index in [1.807, 2.05) is 0 Å². The Morgan fingerprint density at radius 1 is 1.39 bits per heavy atom. The molecule has 1 atom stereocenters. The Bertz CT molecular complexity index is 597. The van der Waals surface area contributed by atoms with Gasteiger partial charge in [-0.3, -0.25) is 4.79 Å². The first-order valence-electron chi connectivity index (χ1n) is 6.90. The van der Waals surface area contributed by atoms with Gasteiger partial charge in [-0.15, -0.1) is 0 Å². The Hall–Kier alpha value is -2.45. The molecule has 23 heavy (non-hydrogen) atoms. The van der Waals surface area contributed by atoms with E-state index in [-0.39, 0.29) is 12.2 Å². The normalized spacial score (nSPS) is 17.9. The fourth-order valence-corrected chi connectivity index (χ4v) is 2.35. The van der Waals surface area contributed by atoms with Gasteiger partial charge in [0.15, 0.2) is 5.75 Å². The van der Waals surface area contributed by atoms with Gasteiger partial charge in [0.25, 0.3) is 0 Å². The summed E-state index contributed by atoms with van der Waals surface area (Å²) in [6.45, 7) is -2.80. The highest BCUT2D eigenvalue weighted by atomic mass is 19.3.